The maximum atomic E-state index is 8.93. The fraction of sp³-hybridized carbons (Fsp3) is 0.200. The van der Waals surface area contributed by atoms with Crippen molar-refractivity contribution in [1.29, 1.82) is 10.5 Å². The Morgan fingerprint density at radius 3 is 2.33 bits per heavy atom. The van der Waals surface area contributed by atoms with E-state index in [-0.39, 0.29) is 5.57 Å². The molecule has 1 aliphatic heterocycles. The minimum absolute atomic E-state index is 0.0732. The summed E-state index contributed by atoms with van der Waals surface area (Å²) in [6, 6.07) is 12.1. The number of ether oxygens (including phenoxy) is 1. The molecule has 0 atom stereocenters. The number of rotatable bonds is 5. The summed E-state index contributed by atoms with van der Waals surface area (Å²) in [5.74, 6) is 0.586. The average molecular weight is 317 g/mol. The van der Waals surface area contributed by atoms with Gasteiger partial charge in [-0.25, -0.2) is 0 Å². The Morgan fingerprint density at radius 2 is 1.75 bits per heavy atom. The lowest BCUT2D eigenvalue weighted by atomic mass is 10.1. The summed E-state index contributed by atoms with van der Waals surface area (Å²) < 4.78 is 5.40. The van der Waals surface area contributed by atoms with Crippen molar-refractivity contribution >= 4 is 11.8 Å². The van der Waals surface area contributed by atoms with E-state index in [0.717, 1.165) is 18.7 Å². The Labute approximate surface area is 142 Å². The molecular weight excluding hydrogens is 298 g/mol. The van der Waals surface area contributed by atoms with E-state index >= 15 is 0 Å². The molecule has 24 heavy (non-hydrogen) atoms. The van der Waals surface area contributed by atoms with Gasteiger partial charge in [0.1, 0.15) is 23.5 Å². The van der Waals surface area contributed by atoms with Crippen molar-refractivity contribution in [2.75, 3.05) is 18.0 Å². The molecule has 0 amide bonds. The highest BCUT2D eigenvalue weighted by Crippen LogP contribution is 2.19. The monoisotopic (exact) mass is 317 g/mol. The quantitative estimate of drug-likeness (QED) is 0.759. The van der Waals surface area contributed by atoms with Crippen molar-refractivity contribution in [3.05, 3.63) is 71.2 Å². The van der Waals surface area contributed by atoms with E-state index in [4.69, 9.17) is 15.3 Å². The molecule has 0 N–H and O–H groups in total. The Kier molecular flexibility index (Phi) is 6.00. The van der Waals surface area contributed by atoms with Gasteiger partial charge in [-0.1, -0.05) is 18.2 Å². The van der Waals surface area contributed by atoms with Crippen LogP contribution in [0.3, 0.4) is 0 Å². The Hall–Kier alpha value is -3.24. The van der Waals surface area contributed by atoms with Crippen LogP contribution in [-0.2, 0) is 4.74 Å². The predicted octanol–water partition coefficient (Wildman–Crippen LogP) is 4.32. The lowest BCUT2D eigenvalue weighted by Gasteiger charge is -2.20. The summed E-state index contributed by atoms with van der Waals surface area (Å²) in [6.45, 7) is 6.24. The zero-order valence-corrected chi connectivity index (χ0v) is 13.9. The van der Waals surface area contributed by atoms with E-state index in [2.05, 4.69) is 43.0 Å². The molecule has 0 radical (unpaired) electrons. The van der Waals surface area contributed by atoms with E-state index in [0.29, 0.717) is 11.3 Å². The van der Waals surface area contributed by atoms with E-state index in [1.807, 2.05) is 24.3 Å². The van der Waals surface area contributed by atoms with Crippen LogP contribution >= 0.6 is 0 Å². The summed E-state index contributed by atoms with van der Waals surface area (Å²) >= 11 is 0. The Morgan fingerprint density at radius 1 is 1.08 bits per heavy atom. The molecule has 120 valence electrons. The molecular formula is C20H19N3O. The molecule has 0 fully saturated rings. The number of anilines is 1. The van der Waals surface area contributed by atoms with Crippen LogP contribution in [0.2, 0.25) is 0 Å². The zero-order valence-electron chi connectivity index (χ0n) is 13.9. The van der Waals surface area contributed by atoms with Crippen molar-refractivity contribution in [2.24, 2.45) is 0 Å². The maximum Gasteiger partial charge on any atom is 0.137 e. The van der Waals surface area contributed by atoms with E-state index in [9.17, 15) is 0 Å². The molecule has 0 aliphatic carbocycles. The Bertz CT molecular complexity index is 764. The molecule has 0 saturated carbocycles. The first kappa shape index (κ1) is 17.1. The van der Waals surface area contributed by atoms with Gasteiger partial charge in [0.2, 0.25) is 0 Å². The summed E-state index contributed by atoms with van der Waals surface area (Å²) in [5.41, 5.74) is 2.88. The molecule has 1 aromatic carbocycles. The third kappa shape index (κ3) is 4.15. The molecule has 1 aliphatic rings. The van der Waals surface area contributed by atoms with Gasteiger partial charge in [-0.15, -0.1) is 0 Å². The summed E-state index contributed by atoms with van der Waals surface area (Å²) in [6.07, 6.45) is 8.53. The minimum atomic E-state index is 0.0732. The van der Waals surface area contributed by atoms with Gasteiger partial charge in [0.25, 0.3) is 0 Å². The smallest absolute Gasteiger partial charge is 0.137 e. The highest BCUT2D eigenvalue weighted by atomic mass is 16.5. The molecule has 2 rings (SSSR count). The first-order chi connectivity index (χ1) is 11.7. The number of hydrogen-bond acceptors (Lipinski definition) is 4. The van der Waals surface area contributed by atoms with Crippen molar-refractivity contribution in [3.63, 3.8) is 0 Å². The lowest BCUT2D eigenvalue weighted by molar-refractivity contribution is 0.364. The molecule has 0 unspecified atom stereocenters. The molecule has 4 nitrogen and oxygen atoms in total. The highest BCUT2D eigenvalue weighted by molar-refractivity contribution is 5.59. The fourth-order valence-electron chi connectivity index (χ4n) is 2.38. The van der Waals surface area contributed by atoms with Crippen molar-refractivity contribution < 1.29 is 4.74 Å². The number of hydrogen-bond donors (Lipinski definition) is 0. The average Bonchev–Trinajstić information content (AvgIpc) is 2.63. The largest absolute Gasteiger partial charge is 0.465 e. The summed E-state index contributed by atoms with van der Waals surface area (Å²) in [4.78, 5) is 2.29. The number of nitriles is 2. The van der Waals surface area contributed by atoms with Crippen molar-refractivity contribution in [1.82, 2.24) is 0 Å². The number of nitrogens with zero attached hydrogens (tertiary/aromatic N) is 3. The predicted molar refractivity (Wildman–Crippen MR) is 95.6 cm³/mol. The van der Waals surface area contributed by atoms with Gasteiger partial charge in [0.15, 0.2) is 0 Å². The van der Waals surface area contributed by atoms with Crippen LogP contribution in [0.1, 0.15) is 19.4 Å². The summed E-state index contributed by atoms with van der Waals surface area (Å²) in [5, 5.41) is 17.9. The standard InChI is InChI=1S/C20H19N3O/c1-3-23(4-2)19-8-5-16(6-9-19)7-10-20-13-17(11-12-24-20)18(14-21)15-22/h5-13H,3-4H2,1-2H3. The van der Waals surface area contributed by atoms with Crippen LogP contribution in [0.25, 0.3) is 6.08 Å². The van der Waals surface area contributed by atoms with E-state index in [1.165, 1.54) is 11.9 Å². The van der Waals surface area contributed by atoms with Crippen molar-refractivity contribution in [2.45, 2.75) is 13.8 Å². The fourth-order valence-corrected chi connectivity index (χ4v) is 2.38. The number of allylic oxidation sites excluding steroid dienone is 5. The second-order valence-electron chi connectivity index (χ2n) is 5.12. The van der Waals surface area contributed by atoms with Gasteiger partial charge in [-0.05, 0) is 49.8 Å². The van der Waals surface area contributed by atoms with Crippen LogP contribution in [0.15, 0.2) is 65.7 Å². The van der Waals surface area contributed by atoms with Crippen LogP contribution < -0.4 is 4.90 Å². The normalized spacial score (nSPS) is 13.0. The highest BCUT2D eigenvalue weighted by Gasteiger charge is 2.06. The summed E-state index contributed by atoms with van der Waals surface area (Å²) in [7, 11) is 0. The molecule has 4 heteroatoms. The van der Waals surface area contributed by atoms with Gasteiger partial charge >= 0.3 is 0 Å². The molecule has 0 bridgehead atoms. The van der Waals surface area contributed by atoms with Crippen LogP contribution in [0, 0.1) is 22.7 Å². The minimum Gasteiger partial charge on any atom is -0.465 e. The molecule has 1 heterocycles. The topological polar surface area (TPSA) is 60.0 Å². The van der Waals surface area contributed by atoms with Gasteiger partial charge in [-0.3, -0.25) is 0 Å². The van der Waals surface area contributed by atoms with Crippen LogP contribution in [0.5, 0.6) is 0 Å². The molecule has 1 aromatic rings. The second kappa shape index (κ2) is 8.41. The van der Waals surface area contributed by atoms with Gasteiger partial charge in [-0.2, -0.15) is 10.5 Å². The first-order valence-electron chi connectivity index (χ1n) is 7.84. The molecule has 0 aromatic heterocycles. The zero-order chi connectivity index (χ0) is 17.4. The van der Waals surface area contributed by atoms with E-state index < -0.39 is 0 Å². The SMILES string of the molecule is CCN(CC)c1ccc(C=CC2=CC(=C(C#N)C#N)C=CO2)cc1. The maximum absolute atomic E-state index is 8.93. The van der Waals surface area contributed by atoms with Crippen molar-refractivity contribution in [3.8, 4) is 12.1 Å². The molecule has 0 spiro atoms. The Balaban J connectivity index is 2.15. The lowest BCUT2D eigenvalue weighted by Crippen LogP contribution is -2.21. The van der Waals surface area contributed by atoms with Crippen LogP contribution in [0.4, 0.5) is 5.69 Å². The molecule has 0 saturated heterocycles. The second-order valence-corrected chi connectivity index (χ2v) is 5.12. The van der Waals surface area contributed by atoms with Crippen LogP contribution in [-0.4, -0.2) is 13.1 Å². The van der Waals surface area contributed by atoms with E-state index in [1.54, 1.807) is 12.2 Å². The van der Waals surface area contributed by atoms with Gasteiger partial charge < -0.3 is 9.64 Å². The first-order valence-corrected chi connectivity index (χ1v) is 7.84. The van der Waals surface area contributed by atoms with Gasteiger partial charge in [0, 0.05) is 24.4 Å². The third-order valence-corrected chi connectivity index (χ3v) is 3.72. The third-order valence-electron chi connectivity index (χ3n) is 3.72. The number of benzene rings is 1. The van der Waals surface area contributed by atoms with Gasteiger partial charge in [0.05, 0.1) is 6.26 Å².